The van der Waals surface area contributed by atoms with E-state index >= 15 is 0 Å². The summed E-state index contributed by atoms with van der Waals surface area (Å²) in [6.45, 7) is 2.14. The van der Waals surface area contributed by atoms with Crippen molar-refractivity contribution in [3.8, 4) is 0 Å². The molecule has 0 aliphatic rings. The van der Waals surface area contributed by atoms with Crippen LogP contribution in [0.25, 0.3) is 0 Å². The standard InChI is InChI=1S/C6H9F3O2.C4H7F3O2/c1-2-3-4-11-5(10)6(7,8)9;1-3(8)2-9-4(5,6)7/h2-4H2,1H3;3,8H,2H2,1H3. The Balaban J connectivity index is 0. The lowest BCUT2D eigenvalue weighted by molar-refractivity contribution is -0.330. The fraction of sp³-hybridized carbons (Fsp3) is 0.900. The van der Waals surface area contributed by atoms with E-state index < -0.39 is 31.2 Å². The van der Waals surface area contributed by atoms with Crippen LogP contribution in [0.2, 0.25) is 0 Å². The van der Waals surface area contributed by atoms with Gasteiger partial charge in [0.1, 0.15) is 0 Å². The van der Waals surface area contributed by atoms with Crippen molar-refractivity contribution in [2.75, 3.05) is 13.2 Å². The SMILES string of the molecule is CC(O)COC(F)(F)F.CCCCOC(=O)C(F)(F)F. The van der Waals surface area contributed by atoms with Gasteiger partial charge in [-0.1, -0.05) is 13.3 Å². The zero-order valence-corrected chi connectivity index (χ0v) is 10.8. The van der Waals surface area contributed by atoms with Crippen molar-refractivity contribution in [3.63, 3.8) is 0 Å². The number of carbonyl (C=O) groups is 1. The van der Waals surface area contributed by atoms with Gasteiger partial charge < -0.3 is 9.84 Å². The molecule has 20 heavy (non-hydrogen) atoms. The van der Waals surface area contributed by atoms with Gasteiger partial charge in [0.25, 0.3) is 0 Å². The molecule has 4 nitrogen and oxygen atoms in total. The van der Waals surface area contributed by atoms with Crippen LogP contribution < -0.4 is 0 Å². The molecule has 0 aromatic rings. The Bertz CT molecular complexity index is 261. The Hall–Kier alpha value is -1.03. The Morgan fingerprint density at radius 2 is 1.70 bits per heavy atom. The molecule has 0 amide bonds. The van der Waals surface area contributed by atoms with Crippen LogP contribution in [0.15, 0.2) is 0 Å². The topological polar surface area (TPSA) is 55.8 Å². The van der Waals surface area contributed by atoms with Crippen LogP contribution in [0.5, 0.6) is 0 Å². The highest BCUT2D eigenvalue weighted by molar-refractivity contribution is 5.75. The molecular formula is C10H16F6O4. The van der Waals surface area contributed by atoms with Crippen molar-refractivity contribution in [1.29, 1.82) is 0 Å². The van der Waals surface area contributed by atoms with Gasteiger partial charge in [0.2, 0.25) is 0 Å². The summed E-state index contributed by atoms with van der Waals surface area (Å²) < 4.78 is 74.6. The average Bonchev–Trinajstić information content (AvgIpc) is 2.25. The second-order valence-electron chi connectivity index (χ2n) is 3.59. The summed E-state index contributed by atoms with van der Waals surface area (Å²) in [5.41, 5.74) is 0. The lowest BCUT2D eigenvalue weighted by atomic mass is 10.4. The van der Waals surface area contributed by atoms with Crippen LogP contribution in [-0.4, -0.2) is 42.9 Å². The number of hydrogen-bond donors (Lipinski definition) is 1. The molecule has 0 heterocycles. The van der Waals surface area contributed by atoms with E-state index in [0.29, 0.717) is 12.8 Å². The molecule has 0 spiro atoms. The van der Waals surface area contributed by atoms with E-state index in [-0.39, 0.29) is 6.61 Å². The molecule has 0 bridgehead atoms. The summed E-state index contributed by atoms with van der Waals surface area (Å²) in [4.78, 5) is 9.99. The molecule has 0 fully saturated rings. The van der Waals surface area contributed by atoms with Crippen molar-refractivity contribution in [3.05, 3.63) is 0 Å². The molecule has 10 heteroatoms. The summed E-state index contributed by atoms with van der Waals surface area (Å²) in [6.07, 6.45) is -9.40. The van der Waals surface area contributed by atoms with Crippen molar-refractivity contribution in [1.82, 2.24) is 0 Å². The zero-order valence-electron chi connectivity index (χ0n) is 10.8. The molecule has 122 valence electrons. The first kappa shape index (κ1) is 21.3. The van der Waals surface area contributed by atoms with E-state index in [1.54, 1.807) is 6.92 Å². The van der Waals surface area contributed by atoms with E-state index in [1.807, 2.05) is 0 Å². The summed E-state index contributed by atoms with van der Waals surface area (Å²) >= 11 is 0. The van der Waals surface area contributed by atoms with E-state index in [1.165, 1.54) is 6.92 Å². The third-order valence-corrected chi connectivity index (χ3v) is 1.45. The van der Waals surface area contributed by atoms with Crippen molar-refractivity contribution < 1.29 is 45.7 Å². The van der Waals surface area contributed by atoms with Gasteiger partial charge in [0.15, 0.2) is 0 Å². The fourth-order valence-corrected chi connectivity index (χ4v) is 0.606. The fourth-order valence-electron chi connectivity index (χ4n) is 0.606. The van der Waals surface area contributed by atoms with Gasteiger partial charge in [-0.25, -0.2) is 4.79 Å². The number of halogens is 6. The maximum atomic E-state index is 11.4. The van der Waals surface area contributed by atoms with Crippen LogP contribution in [0, 0.1) is 0 Å². The second kappa shape index (κ2) is 9.81. The molecule has 0 aliphatic carbocycles. The van der Waals surface area contributed by atoms with Gasteiger partial charge in [-0.2, -0.15) is 13.2 Å². The number of aliphatic hydroxyl groups excluding tert-OH is 1. The van der Waals surface area contributed by atoms with Crippen molar-refractivity contribution in [2.45, 2.75) is 45.3 Å². The Labute approximate surface area is 111 Å². The summed E-state index contributed by atoms with van der Waals surface area (Å²) in [5, 5.41) is 8.29. The van der Waals surface area contributed by atoms with Crippen molar-refractivity contribution in [2.24, 2.45) is 0 Å². The molecule has 0 aliphatic heterocycles. The molecule has 0 aromatic carbocycles. The monoisotopic (exact) mass is 314 g/mol. The van der Waals surface area contributed by atoms with Gasteiger partial charge in [0, 0.05) is 0 Å². The lowest BCUT2D eigenvalue weighted by Crippen LogP contribution is -2.25. The minimum absolute atomic E-state index is 0.158. The molecule has 0 saturated heterocycles. The van der Waals surface area contributed by atoms with Gasteiger partial charge in [-0.05, 0) is 13.3 Å². The third-order valence-electron chi connectivity index (χ3n) is 1.45. The molecular weight excluding hydrogens is 298 g/mol. The Morgan fingerprint density at radius 1 is 1.20 bits per heavy atom. The number of hydrogen-bond acceptors (Lipinski definition) is 4. The molecule has 1 atom stereocenters. The van der Waals surface area contributed by atoms with Gasteiger partial charge in [-0.3, -0.25) is 4.74 Å². The number of unbranched alkanes of at least 4 members (excludes halogenated alkanes) is 1. The predicted molar refractivity (Wildman–Crippen MR) is 55.6 cm³/mol. The van der Waals surface area contributed by atoms with Crippen LogP contribution in [-0.2, 0) is 14.3 Å². The van der Waals surface area contributed by atoms with Crippen LogP contribution >= 0.6 is 0 Å². The van der Waals surface area contributed by atoms with Crippen LogP contribution in [0.4, 0.5) is 26.3 Å². The summed E-state index contributed by atoms with van der Waals surface area (Å²) in [5.74, 6) is -2.11. The highest BCUT2D eigenvalue weighted by Gasteiger charge is 2.40. The van der Waals surface area contributed by atoms with Crippen LogP contribution in [0.1, 0.15) is 26.7 Å². The van der Waals surface area contributed by atoms with Gasteiger partial charge in [0.05, 0.1) is 19.3 Å². The number of carbonyl (C=O) groups excluding carboxylic acids is 1. The Morgan fingerprint density at radius 3 is 1.95 bits per heavy atom. The van der Waals surface area contributed by atoms with E-state index in [2.05, 4.69) is 9.47 Å². The summed E-state index contributed by atoms with van der Waals surface area (Å²) in [7, 11) is 0. The number of esters is 1. The highest BCUT2D eigenvalue weighted by Crippen LogP contribution is 2.16. The van der Waals surface area contributed by atoms with Gasteiger partial charge in [-0.15, -0.1) is 13.2 Å². The first-order chi connectivity index (χ1) is 8.90. The second-order valence-corrected chi connectivity index (χ2v) is 3.59. The number of rotatable bonds is 5. The summed E-state index contributed by atoms with van der Waals surface area (Å²) in [6, 6.07) is 0. The smallest absolute Gasteiger partial charge is 0.459 e. The largest absolute Gasteiger partial charge is 0.522 e. The minimum atomic E-state index is -4.85. The maximum Gasteiger partial charge on any atom is 0.522 e. The third kappa shape index (κ3) is 17.0. The van der Waals surface area contributed by atoms with E-state index in [9.17, 15) is 31.1 Å². The van der Waals surface area contributed by atoms with Gasteiger partial charge >= 0.3 is 18.5 Å². The lowest BCUT2D eigenvalue weighted by Gasteiger charge is -2.07. The molecule has 0 rings (SSSR count). The normalized spacial score (nSPS) is 13.2. The van der Waals surface area contributed by atoms with Crippen molar-refractivity contribution >= 4 is 5.97 Å². The number of ether oxygens (including phenoxy) is 2. The van der Waals surface area contributed by atoms with E-state index in [0.717, 1.165) is 0 Å². The minimum Gasteiger partial charge on any atom is -0.459 e. The molecule has 0 aromatic heterocycles. The average molecular weight is 314 g/mol. The number of aliphatic hydroxyl groups is 1. The molecule has 0 radical (unpaired) electrons. The van der Waals surface area contributed by atoms with Crippen LogP contribution in [0.3, 0.4) is 0 Å². The first-order valence-electron chi connectivity index (χ1n) is 5.52. The molecule has 1 unspecified atom stereocenters. The highest BCUT2D eigenvalue weighted by atomic mass is 19.4. The Kier molecular flexibility index (Phi) is 10.4. The zero-order chi connectivity index (χ0) is 16.4. The maximum absolute atomic E-state index is 11.4. The first-order valence-corrected chi connectivity index (χ1v) is 5.52. The van der Waals surface area contributed by atoms with E-state index in [4.69, 9.17) is 5.11 Å². The molecule has 0 saturated carbocycles. The predicted octanol–water partition coefficient (Wildman–Crippen LogP) is 2.80. The number of alkyl halides is 6. The molecule has 1 N–H and O–H groups in total. The quantitative estimate of drug-likeness (QED) is 0.482.